The number of amides is 2. The number of benzene rings is 1. The third kappa shape index (κ3) is 3.85. The topological polar surface area (TPSA) is 90.9 Å². The van der Waals surface area contributed by atoms with Gasteiger partial charge < -0.3 is 29.6 Å². The van der Waals surface area contributed by atoms with Crippen LogP contribution in [0.4, 0.5) is 10.5 Å². The summed E-state index contributed by atoms with van der Waals surface area (Å²) in [6, 6.07) is 6.61. The van der Waals surface area contributed by atoms with Gasteiger partial charge in [0.05, 0.1) is 5.69 Å². The van der Waals surface area contributed by atoms with Gasteiger partial charge in [0.15, 0.2) is 18.3 Å². The highest BCUT2D eigenvalue weighted by molar-refractivity contribution is 5.91. The van der Waals surface area contributed by atoms with Gasteiger partial charge >= 0.3 is 6.03 Å². The van der Waals surface area contributed by atoms with Crippen molar-refractivity contribution in [3.8, 4) is 17.2 Å². The van der Waals surface area contributed by atoms with Crippen LogP contribution >= 0.6 is 0 Å². The fourth-order valence-electron chi connectivity index (χ4n) is 2.11. The number of hydrogen-bond donors (Lipinski definition) is 2. The zero-order chi connectivity index (χ0) is 16.8. The molecule has 8 nitrogen and oxygen atoms in total. The molecular formula is C16H17N3O5. The molecule has 1 aliphatic rings. The van der Waals surface area contributed by atoms with Gasteiger partial charge in [-0.2, -0.15) is 0 Å². The Labute approximate surface area is 138 Å². The van der Waals surface area contributed by atoms with Crippen LogP contribution in [-0.4, -0.2) is 31.7 Å². The summed E-state index contributed by atoms with van der Waals surface area (Å²) >= 11 is 0. The van der Waals surface area contributed by atoms with Crippen LogP contribution in [0.1, 0.15) is 5.56 Å². The zero-order valence-electron chi connectivity index (χ0n) is 13.1. The summed E-state index contributed by atoms with van der Waals surface area (Å²) in [5, 5.41) is 5.48. The summed E-state index contributed by atoms with van der Waals surface area (Å²) in [6.07, 6.45) is 3.36. The van der Waals surface area contributed by atoms with Gasteiger partial charge in [-0.1, -0.05) is 6.07 Å². The highest BCUT2D eigenvalue weighted by Gasteiger charge is 2.19. The van der Waals surface area contributed by atoms with E-state index < -0.39 is 0 Å². The van der Waals surface area contributed by atoms with Gasteiger partial charge in [-0.25, -0.2) is 4.79 Å². The minimum Gasteiger partial charge on any atom is -0.465 e. The number of urea groups is 1. The van der Waals surface area contributed by atoms with E-state index in [1.165, 1.54) is 7.11 Å². The first-order valence-corrected chi connectivity index (χ1v) is 7.25. The van der Waals surface area contributed by atoms with Gasteiger partial charge in [0.25, 0.3) is 0 Å². The van der Waals surface area contributed by atoms with Gasteiger partial charge in [0, 0.05) is 38.2 Å². The van der Waals surface area contributed by atoms with Crippen molar-refractivity contribution in [2.45, 2.75) is 6.54 Å². The summed E-state index contributed by atoms with van der Waals surface area (Å²) in [5.74, 6) is 1.53. The molecule has 3 rings (SSSR count). The van der Waals surface area contributed by atoms with Crippen molar-refractivity contribution in [3.63, 3.8) is 0 Å². The number of anilines is 1. The Morgan fingerprint density at radius 3 is 2.92 bits per heavy atom. The second-order valence-corrected chi connectivity index (χ2v) is 4.92. The molecule has 0 saturated carbocycles. The normalized spacial score (nSPS) is 11.9. The van der Waals surface area contributed by atoms with Gasteiger partial charge in [-0.05, 0) is 11.6 Å². The van der Waals surface area contributed by atoms with Crippen LogP contribution in [0.15, 0.2) is 36.7 Å². The maximum atomic E-state index is 12.1. The summed E-state index contributed by atoms with van der Waals surface area (Å²) in [7, 11) is 1.51. The first-order chi connectivity index (χ1) is 11.8. The van der Waals surface area contributed by atoms with Crippen LogP contribution in [0.5, 0.6) is 17.2 Å². The molecule has 0 spiro atoms. The number of pyridine rings is 1. The van der Waals surface area contributed by atoms with Crippen molar-refractivity contribution in [2.24, 2.45) is 0 Å². The lowest BCUT2D eigenvalue weighted by Gasteiger charge is -2.13. The van der Waals surface area contributed by atoms with Crippen molar-refractivity contribution in [3.05, 3.63) is 42.2 Å². The maximum Gasteiger partial charge on any atom is 0.319 e. The van der Waals surface area contributed by atoms with Crippen LogP contribution in [-0.2, 0) is 11.3 Å². The van der Waals surface area contributed by atoms with E-state index in [-0.39, 0.29) is 19.6 Å². The molecule has 2 N–H and O–H groups in total. The van der Waals surface area contributed by atoms with E-state index in [1.54, 1.807) is 24.5 Å². The number of carbonyl (C=O) groups is 1. The van der Waals surface area contributed by atoms with Crippen LogP contribution in [0.3, 0.4) is 0 Å². The number of hydrogen-bond acceptors (Lipinski definition) is 6. The first kappa shape index (κ1) is 15.9. The predicted molar refractivity (Wildman–Crippen MR) is 85.2 cm³/mol. The van der Waals surface area contributed by atoms with E-state index in [4.69, 9.17) is 18.9 Å². The predicted octanol–water partition coefficient (Wildman–Crippen LogP) is 2.11. The van der Waals surface area contributed by atoms with Gasteiger partial charge in [-0.15, -0.1) is 0 Å². The average molecular weight is 331 g/mol. The molecule has 1 aromatic carbocycles. The molecule has 24 heavy (non-hydrogen) atoms. The molecule has 0 atom stereocenters. The van der Waals surface area contributed by atoms with Crippen molar-refractivity contribution >= 4 is 11.7 Å². The van der Waals surface area contributed by atoms with Crippen molar-refractivity contribution in [1.29, 1.82) is 0 Å². The Kier molecular flexibility index (Phi) is 4.97. The highest BCUT2D eigenvalue weighted by Crippen LogP contribution is 2.40. The fraction of sp³-hybridized carbons (Fsp3) is 0.250. The van der Waals surface area contributed by atoms with Crippen LogP contribution in [0, 0.1) is 0 Å². The lowest BCUT2D eigenvalue weighted by molar-refractivity contribution is 0.0515. The molecule has 0 unspecified atom stereocenters. The van der Waals surface area contributed by atoms with E-state index >= 15 is 0 Å². The average Bonchev–Trinajstić information content (AvgIpc) is 3.06. The van der Waals surface area contributed by atoms with Crippen molar-refractivity contribution < 1.29 is 23.7 Å². The van der Waals surface area contributed by atoms with Crippen molar-refractivity contribution in [2.75, 3.05) is 26.0 Å². The summed E-state index contributed by atoms with van der Waals surface area (Å²) in [4.78, 5) is 16.1. The molecule has 0 bridgehead atoms. The minimum absolute atomic E-state index is 0.0472. The molecule has 2 amide bonds. The Morgan fingerprint density at radius 2 is 2.17 bits per heavy atom. The lowest BCUT2D eigenvalue weighted by atomic mass is 10.2. The number of aromatic nitrogens is 1. The molecule has 0 saturated heterocycles. The van der Waals surface area contributed by atoms with Crippen molar-refractivity contribution in [1.82, 2.24) is 10.3 Å². The largest absolute Gasteiger partial charge is 0.465 e. The summed E-state index contributed by atoms with van der Waals surface area (Å²) in [5.41, 5.74) is 1.36. The van der Waals surface area contributed by atoms with Crippen LogP contribution < -0.4 is 24.8 Å². The molecule has 0 fully saturated rings. The molecule has 126 valence electrons. The van der Waals surface area contributed by atoms with Gasteiger partial charge in [0.2, 0.25) is 6.79 Å². The fourth-order valence-corrected chi connectivity index (χ4v) is 2.11. The second kappa shape index (κ2) is 7.51. The molecular weight excluding hydrogens is 314 g/mol. The van der Waals surface area contributed by atoms with E-state index in [9.17, 15) is 4.79 Å². The SMILES string of the molecule is COCOc1cc2c(cc1NC(=O)NCc1cccnc1)OCO2. The Hall–Kier alpha value is -3.00. The third-order valence-corrected chi connectivity index (χ3v) is 3.23. The number of methoxy groups -OCH3 is 1. The molecule has 8 heteroatoms. The number of rotatable bonds is 6. The van der Waals surface area contributed by atoms with E-state index in [0.29, 0.717) is 29.5 Å². The monoisotopic (exact) mass is 331 g/mol. The van der Waals surface area contributed by atoms with E-state index in [2.05, 4.69) is 15.6 Å². The number of ether oxygens (including phenoxy) is 4. The Morgan fingerprint density at radius 1 is 1.33 bits per heavy atom. The molecule has 0 radical (unpaired) electrons. The molecule has 1 aliphatic heterocycles. The number of carbonyl (C=O) groups excluding carboxylic acids is 1. The Bertz CT molecular complexity index is 708. The first-order valence-electron chi connectivity index (χ1n) is 7.25. The standard InChI is InChI=1S/C16H17N3O5/c1-21-9-22-13-6-15-14(23-10-24-15)5-12(13)19-16(20)18-8-11-3-2-4-17-7-11/h2-7H,8-10H2,1H3,(H2,18,19,20). The molecule has 2 aromatic rings. The number of nitrogens with one attached hydrogen (secondary N) is 2. The number of fused-ring (bicyclic) bond motifs is 1. The zero-order valence-corrected chi connectivity index (χ0v) is 13.1. The summed E-state index contributed by atoms with van der Waals surface area (Å²) < 4.78 is 21.0. The number of nitrogens with zero attached hydrogens (tertiary/aromatic N) is 1. The van der Waals surface area contributed by atoms with Crippen LogP contribution in [0.2, 0.25) is 0 Å². The van der Waals surface area contributed by atoms with E-state index in [0.717, 1.165) is 5.56 Å². The quantitative estimate of drug-likeness (QED) is 0.788. The highest BCUT2D eigenvalue weighted by atomic mass is 16.7. The molecule has 1 aromatic heterocycles. The maximum absolute atomic E-state index is 12.1. The van der Waals surface area contributed by atoms with Crippen LogP contribution in [0.25, 0.3) is 0 Å². The molecule has 2 heterocycles. The van der Waals surface area contributed by atoms with Gasteiger partial charge in [0.1, 0.15) is 5.75 Å². The molecule has 0 aliphatic carbocycles. The van der Waals surface area contributed by atoms with Gasteiger partial charge in [-0.3, -0.25) is 4.98 Å². The second-order valence-electron chi connectivity index (χ2n) is 4.92. The Balaban J connectivity index is 1.67. The third-order valence-electron chi connectivity index (χ3n) is 3.23. The van der Waals surface area contributed by atoms with E-state index in [1.807, 2.05) is 12.1 Å². The smallest absolute Gasteiger partial charge is 0.319 e. The summed E-state index contributed by atoms with van der Waals surface area (Å²) in [6.45, 7) is 0.541. The lowest BCUT2D eigenvalue weighted by Crippen LogP contribution is -2.28. The minimum atomic E-state index is -0.375.